The number of para-hydroxylation sites is 1. The minimum Gasteiger partial charge on any atom is -0.310 e. The van der Waals surface area contributed by atoms with E-state index in [0.717, 1.165) is 22.6 Å². The minimum absolute atomic E-state index is 0.284. The van der Waals surface area contributed by atoms with Crippen LogP contribution in [0.3, 0.4) is 0 Å². The van der Waals surface area contributed by atoms with E-state index in [9.17, 15) is 0 Å². The van der Waals surface area contributed by atoms with Gasteiger partial charge in [0, 0.05) is 22.4 Å². The van der Waals surface area contributed by atoms with Crippen molar-refractivity contribution < 1.29 is 0 Å². The first-order valence-corrected chi connectivity index (χ1v) is 21.2. The van der Waals surface area contributed by atoms with Crippen LogP contribution in [-0.4, -0.2) is 0 Å². The van der Waals surface area contributed by atoms with Crippen molar-refractivity contribution in [2.45, 2.75) is 12.3 Å². The van der Waals surface area contributed by atoms with Crippen molar-refractivity contribution in [2.75, 3.05) is 4.90 Å². The molecule has 0 bridgehead atoms. The summed E-state index contributed by atoms with van der Waals surface area (Å²) in [5.74, 6) is 0. The zero-order valence-corrected chi connectivity index (χ0v) is 34.0. The highest BCUT2D eigenvalue weighted by Gasteiger charge is 2.41. The lowest BCUT2D eigenvalue weighted by Gasteiger charge is -2.31. The molecule has 0 spiro atoms. The van der Waals surface area contributed by atoms with Crippen molar-refractivity contribution in [3.8, 4) is 55.6 Å². The topological polar surface area (TPSA) is 3.24 Å². The van der Waals surface area contributed by atoms with Crippen LogP contribution in [0, 0.1) is 0 Å². The van der Waals surface area contributed by atoms with Crippen molar-refractivity contribution >= 4 is 27.8 Å². The van der Waals surface area contributed by atoms with Gasteiger partial charge in [-0.15, -0.1) is 0 Å². The van der Waals surface area contributed by atoms with E-state index in [2.05, 4.69) is 254 Å². The summed E-state index contributed by atoms with van der Waals surface area (Å²) in [5, 5.41) is 2.48. The lowest BCUT2D eigenvalue weighted by Crippen LogP contribution is -2.22. The van der Waals surface area contributed by atoms with Crippen LogP contribution in [0.15, 0.2) is 243 Å². The number of rotatable bonds is 8. The molecule has 10 aromatic carbocycles. The van der Waals surface area contributed by atoms with Gasteiger partial charge in [0.15, 0.2) is 0 Å². The molecule has 1 aliphatic rings. The molecular weight excluding hydrogens is 735 g/mol. The Balaban J connectivity index is 1.14. The molecule has 0 aliphatic heterocycles. The second-order valence-corrected chi connectivity index (χ2v) is 16.2. The second kappa shape index (κ2) is 15.1. The first kappa shape index (κ1) is 36.3. The highest BCUT2D eigenvalue weighted by Crippen LogP contribution is 2.54. The normalized spacial score (nSPS) is 14.0. The van der Waals surface area contributed by atoms with Crippen molar-refractivity contribution in [3.05, 3.63) is 259 Å². The molecule has 0 N–H and O–H groups in total. The Morgan fingerprint density at radius 1 is 0.311 bits per heavy atom. The van der Waals surface area contributed by atoms with Gasteiger partial charge in [0.25, 0.3) is 0 Å². The fourth-order valence-electron chi connectivity index (χ4n) is 9.87. The van der Waals surface area contributed by atoms with E-state index in [1.54, 1.807) is 0 Å². The average Bonchev–Trinajstić information content (AvgIpc) is 3.60. The second-order valence-electron chi connectivity index (χ2n) is 16.2. The Bertz CT molecular complexity index is 3210. The molecule has 1 heteroatoms. The molecule has 0 radical (unpaired) electrons. The number of hydrogen-bond donors (Lipinski definition) is 0. The fourth-order valence-corrected chi connectivity index (χ4v) is 9.87. The molecule has 11 rings (SSSR count). The third kappa shape index (κ3) is 6.17. The van der Waals surface area contributed by atoms with E-state index in [1.165, 1.54) is 77.5 Å². The van der Waals surface area contributed by atoms with E-state index in [4.69, 9.17) is 0 Å². The molecule has 1 atom stereocenters. The summed E-state index contributed by atoms with van der Waals surface area (Å²) >= 11 is 0. The van der Waals surface area contributed by atoms with Crippen molar-refractivity contribution in [1.29, 1.82) is 0 Å². The molecule has 10 aromatic rings. The molecule has 1 nitrogen and oxygen atoms in total. The van der Waals surface area contributed by atoms with Crippen molar-refractivity contribution in [2.24, 2.45) is 0 Å². The van der Waals surface area contributed by atoms with Crippen LogP contribution in [0.1, 0.15) is 23.6 Å². The van der Waals surface area contributed by atoms with Gasteiger partial charge in [0.2, 0.25) is 0 Å². The van der Waals surface area contributed by atoms with Gasteiger partial charge in [-0.05, 0) is 115 Å². The predicted molar refractivity (Wildman–Crippen MR) is 258 cm³/mol. The molecular formula is C60H43N. The third-order valence-corrected chi connectivity index (χ3v) is 12.8. The summed E-state index contributed by atoms with van der Waals surface area (Å²) in [6, 6.07) is 88.8. The quantitative estimate of drug-likeness (QED) is 0.149. The maximum Gasteiger partial charge on any atom is 0.0540 e. The Labute approximate surface area is 358 Å². The van der Waals surface area contributed by atoms with Crippen LogP contribution in [0.5, 0.6) is 0 Å². The van der Waals surface area contributed by atoms with Crippen LogP contribution < -0.4 is 4.90 Å². The zero-order valence-electron chi connectivity index (χ0n) is 34.0. The summed E-state index contributed by atoms with van der Waals surface area (Å²) in [7, 11) is 0. The predicted octanol–water partition coefficient (Wildman–Crippen LogP) is 16.3. The highest BCUT2D eigenvalue weighted by atomic mass is 15.1. The smallest absolute Gasteiger partial charge is 0.0540 e. The van der Waals surface area contributed by atoms with E-state index in [1.807, 2.05) is 0 Å². The van der Waals surface area contributed by atoms with Gasteiger partial charge in [-0.1, -0.05) is 212 Å². The first-order chi connectivity index (χ1) is 30.2. The molecule has 0 heterocycles. The van der Waals surface area contributed by atoms with E-state index in [-0.39, 0.29) is 5.41 Å². The van der Waals surface area contributed by atoms with Gasteiger partial charge in [0.1, 0.15) is 0 Å². The summed E-state index contributed by atoms with van der Waals surface area (Å²) in [5.41, 5.74) is 19.1. The number of hydrogen-bond acceptors (Lipinski definition) is 1. The lowest BCUT2D eigenvalue weighted by atomic mass is 9.74. The van der Waals surface area contributed by atoms with E-state index >= 15 is 0 Å². The monoisotopic (exact) mass is 777 g/mol. The molecule has 0 saturated heterocycles. The van der Waals surface area contributed by atoms with E-state index in [0.29, 0.717) is 0 Å². The van der Waals surface area contributed by atoms with Crippen molar-refractivity contribution in [3.63, 3.8) is 0 Å². The van der Waals surface area contributed by atoms with Crippen molar-refractivity contribution in [1.82, 2.24) is 0 Å². The Morgan fingerprint density at radius 2 is 0.820 bits per heavy atom. The molecule has 1 unspecified atom stereocenters. The Hall–Kier alpha value is -7.74. The van der Waals surface area contributed by atoms with Crippen LogP contribution in [0.4, 0.5) is 17.1 Å². The van der Waals surface area contributed by atoms with Crippen LogP contribution in [-0.2, 0) is 5.41 Å². The number of benzene rings is 10. The molecule has 1 aliphatic carbocycles. The third-order valence-electron chi connectivity index (χ3n) is 12.8. The molecule has 288 valence electrons. The van der Waals surface area contributed by atoms with Gasteiger partial charge in [0.05, 0.1) is 5.69 Å². The summed E-state index contributed by atoms with van der Waals surface area (Å²) in [6.45, 7) is 2.39. The zero-order chi connectivity index (χ0) is 40.8. The molecule has 0 aromatic heterocycles. The minimum atomic E-state index is -0.284. The van der Waals surface area contributed by atoms with Gasteiger partial charge < -0.3 is 4.90 Å². The average molecular weight is 778 g/mol. The maximum absolute atomic E-state index is 2.48. The first-order valence-electron chi connectivity index (χ1n) is 21.2. The molecule has 0 amide bonds. The molecule has 0 fully saturated rings. The summed E-state index contributed by atoms with van der Waals surface area (Å²) in [4.78, 5) is 2.48. The van der Waals surface area contributed by atoms with E-state index < -0.39 is 0 Å². The molecule has 0 saturated carbocycles. The SMILES string of the molecule is CC1(c2ccccc2)c2ccccc2-c2cc(N(c3cccc(-c4cccc5ccccc45)c3)c3ccccc3-c3ccccc3-c3ccccc3-c3ccccc3)ccc21. The molecule has 61 heavy (non-hydrogen) atoms. The summed E-state index contributed by atoms with van der Waals surface area (Å²) in [6.07, 6.45) is 0. The maximum atomic E-state index is 2.48. The van der Waals surface area contributed by atoms with Crippen LogP contribution in [0.2, 0.25) is 0 Å². The number of anilines is 3. The highest BCUT2D eigenvalue weighted by molar-refractivity contribution is 6.00. The van der Waals surface area contributed by atoms with Gasteiger partial charge in [-0.25, -0.2) is 0 Å². The van der Waals surface area contributed by atoms with Crippen LogP contribution in [0.25, 0.3) is 66.4 Å². The standard InChI is InChI=1S/C60H43N/c1-60(45-25-6-3-7-26-45)57-36-16-14-33-54(57)56-41-47(38-39-58(56)60)61(46-27-18-24-44(40-46)50-35-19-23-43-22-8-9-28-48(43)50)59-37-17-15-34-55(59)53-32-13-12-31-52(53)51-30-11-10-29-49(51)42-20-4-2-5-21-42/h2-41H,1H3. The summed E-state index contributed by atoms with van der Waals surface area (Å²) < 4.78 is 0. The fraction of sp³-hybridized carbons (Fsp3) is 0.0333. The van der Waals surface area contributed by atoms with Gasteiger partial charge in [-0.2, -0.15) is 0 Å². The number of nitrogens with zero attached hydrogens (tertiary/aromatic N) is 1. The largest absolute Gasteiger partial charge is 0.310 e. The number of fused-ring (bicyclic) bond motifs is 4. The Kier molecular flexibility index (Phi) is 9.02. The Morgan fingerprint density at radius 3 is 1.61 bits per heavy atom. The van der Waals surface area contributed by atoms with Crippen LogP contribution >= 0.6 is 0 Å². The van der Waals surface area contributed by atoms with Gasteiger partial charge in [-0.3, -0.25) is 0 Å². The lowest BCUT2D eigenvalue weighted by molar-refractivity contribution is 0.714. The van der Waals surface area contributed by atoms with Gasteiger partial charge >= 0.3 is 0 Å².